The van der Waals surface area contributed by atoms with E-state index < -0.39 is 0 Å². The number of hydrogen-bond acceptors (Lipinski definition) is 0. The molecule has 2 aliphatic carbocycles. The van der Waals surface area contributed by atoms with Crippen molar-refractivity contribution in [3.8, 4) is 0 Å². The molecular formula is C15H12. The maximum Gasteiger partial charge on any atom is -0.0111 e. The average molecular weight is 192 g/mol. The fourth-order valence-electron chi connectivity index (χ4n) is 2.06. The van der Waals surface area contributed by atoms with Crippen LogP contribution < -0.4 is 0 Å². The molecule has 0 bridgehead atoms. The second kappa shape index (κ2) is 3.39. The van der Waals surface area contributed by atoms with Gasteiger partial charge in [-0.15, -0.1) is 0 Å². The predicted octanol–water partition coefficient (Wildman–Crippen LogP) is 3.98. The van der Waals surface area contributed by atoms with Gasteiger partial charge in [0, 0.05) is 0 Å². The van der Waals surface area contributed by atoms with E-state index in [0.29, 0.717) is 0 Å². The van der Waals surface area contributed by atoms with E-state index >= 15 is 0 Å². The second-order valence-electron chi connectivity index (χ2n) is 3.86. The number of rotatable bonds is 1. The van der Waals surface area contributed by atoms with E-state index in [1.54, 1.807) is 0 Å². The van der Waals surface area contributed by atoms with Crippen molar-refractivity contribution in [2.45, 2.75) is 6.42 Å². The highest BCUT2D eigenvalue weighted by Crippen LogP contribution is 2.30. The van der Waals surface area contributed by atoms with E-state index in [1.165, 1.54) is 22.3 Å². The summed E-state index contributed by atoms with van der Waals surface area (Å²) in [6, 6.07) is 8.52. The summed E-state index contributed by atoms with van der Waals surface area (Å²) in [5, 5.41) is 0. The number of hydrogen-bond donors (Lipinski definition) is 0. The molecule has 1 aromatic rings. The van der Waals surface area contributed by atoms with Crippen LogP contribution in [0.5, 0.6) is 0 Å². The lowest BCUT2D eigenvalue weighted by Crippen LogP contribution is -1.80. The summed E-state index contributed by atoms with van der Waals surface area (Å²) in [4.78, 5) is 0. The van der Waals surface area contributed by atoms with Crippen LogP contribution in [-0.4, -0.2) is 0 Å². The van der Waals surface area contributed by atoms with Crippen LogP contribution in [-0.2, 0) is 0 Å². The molecule has 0 radical (unpaired) electrons. The highest BCUT2D eigenvalue weighted by molar-refractivity contribution is 5.91. The van der Waals surface area contributed by atoms with E-state index in [0.717, 1.165) is 6.42 Å². The van der Waals surface area contributed by atoms with E-state index in [-0.39, 0.29) is 0 Å². The van der Waals surface area contributed by atoms with Crippen molar-refractivity contribution in [2.75, 3.05) is 0 Å². The Labute approximate surface area is 89.9 Å². The molecule has 2 aliphatic rings. The van der Waals surface area contributed by atoms with Crippen molar-refractivity contribution >= 4 is 11.6 Å². The molecule has 0 atom stereocenters. The normalized spacial score (nSPS) is 19.7. The number of fused-ring (bicyclic) bond motifs is 1. The molecular weight excluding hydrogens is 180 g/mol. The second-order valence-corrected chi connectivity index (χ2v) is 3.86. The SMILES string of the molecule is C1=CC(/C=C2/C=Cc3ccccc32)=CC1. The third kappa shape index (κ3) is 1.48. The minimum absolute atomic E-state index is 1.07. The Balaban J connectivity index is 2.04. The number of allylic oxidation sites excluding steroid dienone is 7. The zero-order valence-corrected chi connectivity index (χ0v) is 8.48. The van der Waals surface area contributed by atoms with Gasteiger partial charge in [-0.05, 0) is 34.8 Å². The molecule has 0 heterocycles. The van der Waals surface area contributed by atoms with Crippen LogP contribution in [0.25, 0.3) is 11.6 Å². The van der Waals surface area contributed by atoms with Crippen LogP contribution in [0, 0.1) is 0 Å². The van der Waals surface area contributed by atoms with Gasteiger partial charge in [-0.2, -0.15) is 0 Å². The third-order valence-electron chi connectivity index (χ3n) is 2.84. The summed E-state index contributed by atoms with van der Waals surface area (Å²) in [5.74, 6) is 0. The molecule has 3 rings (SSSR count). The fourth-order valence-corrected chi connectivity index (χ4v) is 2.06. The van der Waals surface area contributed by atoms with Crippen LogP contribution >= 0.6 is 0 Å². The van der Waals surface area contributed by atoms with Crippen LogP contribution in [0.2, 0.25) is 0 Å². The van der Waals surface area contributed by atoms with E-state index in [9.17, 15) is 0 Å². The molecule has 72 valence electrons. The molecule has 1 aromatic carbocycles. The molecule has 0 saturated carbocycles. The molecule has 0 spiro atoms. The van der Waals surface area contributed by atoms with Crippen LogP contribution in [0.3, 0.4) is 0 Å². The van der Waals surface area contributed by atoms with Gasteiger partial charge in [-0.3, -0.25) is 0 Å². The summed E-state index contributed by atoms with van der Waals surface area (Å²) in [6.07, 6.45) is 14.3. The van der Waals surface area contributed by atoms with Crippen molar-refractivity contribution in [3.05, 3.63) is 71.3 Å². The first kappa shape index (κ1) is 8.49. The highest BCUT2D eigenvalue weighted by Gasteiger charge is 2.09. The van der Waals surface area contributed by atoms with Crippen molar-refractivity contribution in [2.24, 2.45) is 0 Å². The van der Waals surface area contributed by atoms with E-state index in [4.69, 9.17) is 0 Å². The molecule has 0 saturated heterocycles. The van der Waals surface area contributed by atoms with Gasteiger partial charge in [-0.25, -0.2) is 0 Å². The molecule has 0 nitrogen and oxygen atoms in total. The molecule has 15 heavy (non-hydrogen) atoms. The maximum atomic E-state index is 2.26. The van der Waals surface area contributed by atoms with Crippen LogP contribution in [0.15, 0.2) is 60.2 Å². The Morgan fingerprint density at radius 2 is 1.93 bits per heavy atom. The smallest absolute Gasteiger partial charge is 0.0111 e. The van der Waals surface area contributed by atoms with E-state index in [1.807, 2.05) is 0 Å². The molecule has 0 heteroatoms. The Bertz CT molecular complexity index is 511. The molecule has 0 aliphatic heterocycles. The van der Waals surface area contributed by atoms with E-state index in [2.05, 4.69) is 60.7 Å². The molecule has 0 amide bonds. The minimum Gasteiger partial charge on any atom is -0.0801 e. The predicted molar refractivity (Wildman–Crippen MR) is 65.3 cm³/mol. The Kier molecular flexibility index (Phi) is 1.92. The quantitative estimate of drug-likeness (QED) is 0.631. The first-order valence-electron chi connectivity index (χ1n) is 5.29. The zero-order valence-electron chi connectivity index (χ0n) is 8.48. The summed E-state index contributed by atoms with van der Waals surface area (Å²) < 4.78 is 0. The van der Waals surface area contributed by atoms with Crippen molar-refractivity contribution in [1.82, 2.24) is 0 Å². The molecule has 0 N–H and O–H groups in total. The van der Waals surface area contributed by atoms with Crippen molar-refractivity contribution < 1.29 is 0 Å². The van der Waals surface area contributed by atoms with Gasteiger partial charge in [0.05, 0.1) is 0 Å². The fraction of sp³-hybridized carbons (Fsp3) is 0.0667. The third-order valence-corrected chi connectivity index (χ3v) is 2.84. The van der Waals surface area contributed by atoms with Crippen molar-refractivity contribution in [3.63, 3.8) is 0 Å². The largest absolute Gasteiger partial charge is 0.0801 e. The first-order chi connectivity index (χ1) is 7.43. The van der Waals surface area contributed by atoms with Crippen molar-refractivity contribution in [1.29, 1.82) is 0 Å². The monoisotopic (exact) mass is 192 g/mol. The van der Waals surface area contributed by atoms with Crippen LogP contribution in [0.1, 0.15) is 17.5 Å². The summed E-state index contributed by atoms with van der Waals surface area (Å²) in [7, 11) is 0. The molecule has 0 aromatic heterocycles. The lowest BCUT2D eigenvalue weighted by Gasteiger charge is -2.00. The highest BCUT2D eigenvalue weighted by atomic mass is 14.1. The van der Waals surface area contributed by atoms with Gasteiger partial charge in [0.2, 0.25) is 0 Å². The Morgan fingerprint density at radius 1 is 1.00 bits per heavy atom. The average Bonchev–Trinajstić information content (AvgIpc) is 2.89. The molecule has 0 fully saturated rings. The lowest BCUT2D eigenvalue weighted by atomic mass is 10.0. The summed E-state index contributed by atoms with van der Waals surface area (Å²) in [6.45, 7) is 0. The Hall–Kier alpha value is -1.82. The molecule has 0 unspecified atom stereocenters. The maximum absolute atomic E-state index is 2.26. The van der Waals surface area contributed by atoms with Crippen LogP contribution in [0.4, 0.5) is 0 Å². The first-order valence-corrected chi connectivity index (χ1v) is 5.29. The lowest BCUT2D eigenvalue weighted by molar-refractivity contribution is 1.44. The topological polar surface area (TPSA) is 0 Å². The Morgan fingerprint density at radius 3 is 2.80 bits per heavy atom. The van der Waals surface area contributed by atoms with Gasteiger partial charge < -0.3 is 0 Å². The van der Waals surface area contributed by atoms with Gasteiger partial charge in [0.15, 0.2) is 0 Å². The van der Waals surface area contributed by atoms with Gasteiger partial charge in [0.1, 0.15) is 0 Å². The summed E-state index contributed by atoms with van der Waals surface area (Å²) in [5.41, 5.74) is 5.32. The standard InChI is InChI=1S/C15H12/c1-2-6-12(5-1)11-14-10-9-13-7-3-4-8-15(13)14/h1,3-11H,2H2/b14-11-. The zero-order chi connectivity index (χ0) is 10.1. The number of benzene rings is 1. The van der Waals surface area contributed by atoms with Gasteiger partial charge in [0.25, 0.3) is 0 Å². The van der Waals surface area contributed by atoms with Gasteiger partial charge >= 0.3 is 0 Å². The summed E-state index contributed by atoms with van der Waals surface area (Å²) >= 11 is 0. The van der Waals surface area contributed by atoms with Gasteiger partial charge in [-0.1, -0.05) is 54.6 Å². The minimum atomic E-state index is 1.07.